The van der Waals surface area contributed by atoms with Gasteiger partial charge in [0.1, 0.15) is 10.7 Å². The van der Waals surface area contributed by atoms with E-state index in [4.69, 9.17) is 0 Å². The number of alkyl halides is 3. The molecular formula is C20H20F3N7OS. The van der Waals surface area contributed by atoms with Crippen molar-refractivity contribution in [1.29, 1.82) is 0 Å². The molecule has 2 fully saturated rings. The van der Waals surface area contributed by atoms with Crippen LogP contribution >= 0.6 is 11.3 Å². The van der Waals surface area contributed by atoms with Crippen molar-refractivity contribution < 1.29 is 18.0 Å². The third-order valence-electron chi connectivity index (χ3n) is 6.03. The molecule has 3 aromatic heterocycles. The second kappa shape index (κ2) is 7.91. The molecule has 0 N–H and O–H groups in total. The summed E-state index contributed by atoms with van der Waals surface area (Å²) < 4.78 is 38.5. The first kappa shape index (κ1) is 21.0. The smallest absolute Gasteiger partial charge is 0.334 e. The van der Waals surface area contributed by atoms with Gasteiger partial charge in [-0.15, -0.1) is 15.0 Å². The van der Waals surface area contributed by atoms with Gasteiger partial charge in [0, 0.05) is 24.7 Å². The van der Waals surface area contributed by atoms with Crippen LogP contribution in [0.15, 0.2) is 24.5 Å². The van der Waals surface area contributed by atoms with E-state index in [1.54, 1.807) is 12.1 Å². The van der Waals surface area contributed by atoms with Gasteiger partial charge in [-0.25, -0.2) is 4.98 Å². The van der Waals surface area contributed by atoms with Gasteiger partial charge in [-0.3, -0.25) is 4.79 Å². The summed E-state index contributed by atoms with van der Waals surface area (Å²) in [6.45, 7) is 2.44. The molecule has 1 amide bonds. The number of carbonyl (C=O) groups is 1. The molecule has 8 nitrogen and oxygen atoms in total. The SMILES string of the molecule is Cc1ccc(-n2nccn2)c(C(=O)N2CC3CC3CC2CCc2nnc(C(F)(F)F)s2)n1. The predicted octanol–water partition coefficient (Wildman–Crippen LogP) is 3.32. The molecule has 3 aromatic rings. The Balaban J connectivity index is 1.38. The van der Waals surface area contributed by atoms with E-state index in [-0.39, 0.29) is 17.6 Å². The van der Waals surface area contributed by atoms with E-state index in [1.165, 1.54) is 17.2 Å². The number of nitrogens with zero attached hydrogens (tertiary/aromatic N) is 7. The lowest BCUT2D eigenvalue weighted by atomic mass is 9.97. The molecule has 0 spiro atoms. The van der Waals surface area contributed by atoms with E-state index in [9.17, 15) is 18.0 Å². The van der Waals surface area contributed by atoms with Gasteiger partial charge in [-0.1, -0.05) is 11.3 Å². The largest absolute Gasteiger partial charge is 0.445 e. The Hall–Kier alpha value is -2.89. The number of carbonyl (C=O) groups excluding carboxylic acids is 1. The third kappa shape index (κ3) is 4.10. The highest BCUT2D eigenvalue weighted by atomic mass is 32.1. The van der Waals surface area contributed by atoms with Gasteiger partial charge >= 0.3 is 6.18 Å². The quantitative estimate of drug-likeness (QED) is 0.577. The van der Waals surface area contributed by atoms with Crippen LogP contribution in [0.25, 0.3) is 5.69 Å². The minimum atomic E-state index is -4.49. The number of likely N-dealkylation sites (tertiary alicyclic amines) is 1. The van der Waals surface area contributed by atoms with Crippen molar-refractivity contribution >= 4 is 17.2 Å². The second-order valence-corrected chi connectivity index (χ2v) is 9.34. The first-order valence-corrected chi connectivity index (χ1v) is 11.2. The zero-order chi connectivity index (χ0) is 22.5. The van der Waals surface area contributed by atoms with Crippen LogP contribution in [0.1, 0.15) is 45.5 Å². The van der Waals surface area contributed by atoms with Crippen LogP contribution in [0.4, 0.5) is 13.2 Å². The lowest BCUT2D eigenvalue weighted by molar-refractivity contribution is -0.138. The van der Waals surface area contributed by atoms with Crippen molar-refractivity contribution in [2.45, 2.75) is 44.8 Å². The Kier molecular flexibility index (Phi) is 5.19. The molecule has 5 rings (SSSR count). The maximum Gasteiger partial charge on any atom is 0.445 e. The molecule has 1 saturated heterocycles. The maximum absolute atomic E-state index is 13.6. The van der Waals surface area contributed by atoms with E-state index in [0.29, 0.717) is 58.9 Å². The summed E-state index contributed by atoms with van der Waals surface area (Å²) in [6, 6.07) is 3.48. The number of halogens is 3. The summed E-state index contributed by atoms with van der Waals surface area (Å²) in [5, 5.41) is 14.6. The molecule has 1 aliphatic heterocycles. The number of aryl methyl sites for hydroxylation is 2. The van der Waals surface area contributed by atoms with Gasteiger partial charge < -0.3 is 4.90 Å². The number of aromatic nitrogens is 6. The summed E-state index contributed by atoms with van der Waals surface area (Å²) in [4.78, 5) is 21.3. The molecule has 168 valence electrons. The number of piperidine rings is 1. The summed E-state index contributed by atoms with van der Waals surface area (Å²) in [5.74, 6) is 0.844. The van der Waals surface area contributed by atoms with Crippen molar-refractivity contribution in [3.63, 3.8) is 0 Å². The van der Waals surface area contributed by atoms with Crippen LogP contribution in [0.2, 0.25) is 0 Å². The average molecular weight is 463 g/mol. The van der Waals surface area contributed by atoms with Crippen LogP contribution in [0.5, 0.6) is 0 Å². The molecule has 12 heteroatoms. The Bertz CT molecular complexity index is 1130. The molecule has 32 heavy (non-hydrogen) atoms. The van der Waals surface area contributed by atoms with Crippen molar-refractivity contribution in [2.24, 2.45) is 11.8 Å². The Morgan fingerprint density at radius 1 is 1.16 bits per heavy atom. The Morgan fingerprint density at radius 3 is 2.66 bits per heavy atom. The lowest BCUT2D eigenvalue weighted by Crippen LogP contribution is -2.45. The minimum Gasteiger partial charge on any atom is -0.334 e. The van der Waals surface area contributed by atoms with Crippen molar-refractivity contribution in [1.82, 2.24) is 35.1 Å². The van der Waals surface area contributed by atoms with Crippen LogP contribution in [-0.2, 0) is 12.6 Å². The summed E-state index contributed by atoms with van der Waals surface area (Å²) >= 11 is 0.565. The van der Waals surface area contributed by atoms with Gasteiger partial charge in [-0.05, 0) is 50.2 Å². The molecule has 3 atom stereocenters. The number of fused-ring (bicyclic) bond motifs is 1. The van der Waals surface area contributed by atoms with Crippen LogP contribution in [0.3, 0.4) is 0 Å². The number of hydrogen-bond donors (Lipinski definition) is 0. The summed E-state index contributed by atoms with van der Waals surface area (Å²) in [5.41, 5.74) is 1.48. The number of pyridine rings is 1. The standard InChI is InChI=1S/C20H20F3N7OS/c1-11-2-4-15(30-24-6-7-25-30)17(26-11)18(31)29-10-13-8-12(13)9-14(29)3-5-16-27-28-19(32-16)20(21,22)23/h2,4,6-7,12-14H,3,5,8-10H2,1H3. The zero-order valence-corrected chi connectivity index (χ0v) is 18.0. The van der Waals surface area contributed by atoms with Crippen LogP contribution in [0, 0.1) is 18.8 Å². The fraction of sp³-hybridized carbons (Fsp3) is 0.500. The number of rotatable bonds is 5. The van der Waals surface area contributed by atoms with Crippen molar-refractivity contribution in [3.05, 3.63) is 45.9 Å². The third-order valence-corrected chi connectivity index (χ3v) is 7.06. The van der Waals surface area contributed by atoms with Gasteiger partial charge in [0.25, 0.3) is 5.91 Å². The molecule has 4 heterocycles. The van der Waals surface area contributed by atoms with Gasteiger partial charge in [0.15, 0.2) is 5.69 Å². The fourth-order valence-electron chi connectivity index (χ4n) is 4.33. The Labute approximate surface area is 185 Å². The van der Waals surface area contributed by atoms with Crippen LogP contribution in [-0.4, -0.2) is 53.6 Å². The van der Waals surface area contributed by atoms with E-state index in [1.807, 2.05) is 11.8 Å². The number of amides is 1. The first-order chi connectivity index (χ1) is 15.3. The summed E-state index contributed by atoms with van der Waals surface area (Å²) in [6.07, 6.45) is 1.36. The van der Waals surface area contributed by atoms with Crippen molar-refractivity contribution in [2.75, 3.05) is 6.54 Å². The fourth-order valence-corrected chi connectivity index (χ4v) is 5.05. The first-order valence-electron chi connectivity index (χ1n) is 10.3. The molecule has 0 aromatic carbocycles. The lowest BCUT2D eigenvalue weighted by Gasteiger charge is -2.35. The van der Waals surface area contributed by atoms with E-state index < -0.39 is 11.2 Å². The topological polar surface area (TPSA) is 89.7 Å². The number of hydrogen-bond acceptors (Lipinski definition) is 7. The normalized spacial score (nSPS) is 22.6. The molecular weight excluding hydrogens is 443 g/mol. The van der Waals surface area contributed by atoms with Gasteiger partial charge in [-0.2, -0.15) is 23.4 Å². The molecule has 1 aliphatic carbocycles. The monoisotopic (exact) mass is 463 g/mol. The highest BCUT2D eigenvalue weighted by Crippen LogP contribution is 2.48. The van der Waals surface area contributed by atoms with E-state index >= 15 is 0 Å². The summed E-state index contributed by atoms with van der Waals surface area (Å²) in [7, 11) is 0. The second-order valence-electron chi connectivity index (χ2n) is 8.28. The van der Waals surface area contributed by atoms with Crippen molar-refractivity contribution in [3.8, 4) is 5.69 Å². The highest BCUT2D eigenvalue weighted by Gasteiger charge is 2.47. The van der Waals surface area contributed by atoms with Gasteiger partial charge in [0.2, 0.25) is 5.01 Å². The molecule has 0 radical (unpaired) electrons. The minimum absolute atomic E-state index is 0.0924. The van der Waals surface area contributed by atoms with E-state index in [0.717, 1.165) is 12.8 Å². The Morgan fingerprint density at radius 2 is 1.94 bits per heavy atom. The molecule has 2 aliphatic rings. The highest BCUT2D eigenvalue weighted by molar-refractivity contribution is 7.11. The zero-order valence-electron chi connectivity index (χ0n) is 17.2. The average Bonchev–Trinajstić information content (AvgIpc) is 3.13. The molecule has 0 bridgehead atoms. The maximum atomic E-state index is 13.6. The van der Waals surface area contributed by atoms with Gasteiger partial charge in [0.05, 0.1) is 12.4 Å². The molecule has 3 unspecified atom stereocenters. The van der Waals surface area contributed by atoms with Crippen LogP contribution < -0.4 is 0 Å². The van der Waals surface area contributed by atoms with E-state index in [2.05, 4.69) is 25.4 Å². The molecule has 1 saturated carbocycles. The predicted molar refractivity (Wildman–Crippen MR) is 108 cm³/mol.